The second-order valence-electron chi connectivity index (χ2n) is 5.31. The fourth-order valence-corrected chi connectivity index (χ4v) is 2.84. The summed E-state index contributed by atoms with van der Waals surface area (Å²) in [6.07, 6.45) is 4.07. The van der Waals surface area contributed by atoms with Crippen molar-refractivity contribution >= 4 is 5.69 Å². The van der Waals surface area contributed by atoms with Gasteiger partial charge in [0, 0.05) is 24.9 Å². The van der Waals surface area contributed by atoms with E-state index in [-0.39, 0.29) is 5.69 Å². The molecule has 1 atom stereocenters. The average Bonchev–Trinajstić information content (AvgIpc) is 3.18. The van der Waals surface area contributed by atoms with E-state index in [1.54, 1.807) is 18.3 Å². The number of aromatic nitrogens is 2. The van der Waals surface area contributed by atoms with E-state index < -0.39 is 4.92 Å². The molecular weight excluding hydrogens is 284 g/mol. The van der Waals surface area contributed by atoms with E-state index in [9.17, 15) is 10.1 Å². The molecular formula is C15H18N4O3. The molecule has 1 aliphatic rings. The van der Waals surface area contributed by atoms with E-state index in [4.69, 9.17) is 4.74 Å². The summed E-state index contributed by atoms with van der Waals surface area (Å²) in [5.41, 5.74) is 1.22. The third-order valence-corrected chi connectivity index (χ3v) is 3.94. The van der Waals surface area contributed by atoms with E-state index in [0.717, 1.165) is 25.2 Å². The molecule has 2 aromatic rings. The highest BCUT2D eigenvalue weighted by atomic mass is 16.6. The summed E-state index contributed by atoms with van der Waals surface area (Å²) in [5, 5.41) is 17.7. The predicted molar refractivity (Wildman–Crippen MR) is 80.7 cm³/mol. The number of nitrogens with one attached hydrogen (secondary N) is 1. The van der Waals surface area contributed by atoms with E-state index in [1.165, 1.54) is 18.6 Å². The number of hydrogen-bond acceptors (Lipinski definition) is 5. The number of likely N-dealkylation sites (tertiary alicyclic amines) is 1. The first-order chi connectivity index (χ1) is 10.7. The number of non-ortho nitro benzene ring substituents is 1. The molecule has 1 aromatic carbocycles. The van der Waals surface area contributed by atoms with Crippen LogP contribution in [0.4, 0.5) is 5.69 Å². The second-order valence-corrected chi connectivity index (χ2v) is 5.31. The van der Waals surface area contributed by atoms with E-state index in [1.807, 2.05) is 6.07 Å². The Morgan fingerprint density at radius 3 is 2.86 bits per heavy atom. The quantitative estimate of drug-likeness (QED) is 0.654. The molecule has 1 N–H and O–H groups in total. The van der Waals surface area contributed by atoms with Gasteiger partial charge in [-0.2, -0.15) is 5.10 Å². The van der Waals surface area contributed by atoms with Crippen molar-refractivity contribution < 1.29 is 9.66 Å². The van der Waals surface area contributed by atoms with Gasteiger partial charge >= 0.3 is 0 Å². The van der Waals surface area contributed by atoms with Gasteiger partial charge in [0.15, 0.2) is 0 Å². The number of aromatic amines is 1. The number of nitro groups is 1. The van der Waals surface area contributed by atoms with Crippen molar-refractivity contribution in [3.05, 3.63) is 52.3 Å². The first kappa shape index (κ1) is 14.5. The first-order valence-electron chi connectivity index (χ1n) is 7.34. The summed E-state index contributed by atoms with van der Waals surface area (Å²) in [6, 6.07) is 8.57. The molecule has 1 aromatic heterocycles. The van der Waals surface area contributed by atoms with Crippen molar-refractivity contribution in [1.29, 1.82) is 0 Å². The number of hydrogen-bond donors (Lipinski definition) is 1. The number of nitrogens with zero attached hydrogens (tertiary/aromatic N) is 3. The molecule has 7 nitrogen and oxygen atoms in total. The van der Waals surface area contributed by atoms with Gasteiger partial charge in [0.1, 0.15) is 12.4 Å². The zero-order valence-electron chi connectivity index (χ0n) is 12.1. The minimum absolute atomic E-state index is 0.0752. The molecule has 116 valence electrons. The number of rotatable bonds is 6. The molecule has 0 amide bonds. The van der Waals surface area contributed by atoms with Gasteiger partial charge in [0.2, 0.25) is 0 Å². The number of benzene rings is 1. The highest BCUT2D eigenvalue weighted by Gasteiger charge is 2.26. The second kappa shape index (κ2) is 6.57. The average molecular weight is 302 g/mol. The third kappa shape index (κ3) is 3.25. The molecule has 0 radical (unpaired) electrons. The van der Waals surface area contributed by atoms with Crippen LogP contribution in [0, 0.1) is 10.1 Å². The van der Waals surface area contributed by atoms with Gasteiger partial charge in [-0.3, -0.25) is 20.1 Å². The van der Waals surface area contributed by atoms with Crippen LogP contribution in [0.5, 0.6) is 5.75 Å². The molecule has 2 heterocycles. The molecule has 0 bridgehead atoms. The largest absolute Gasteiger partial charge is 0.492 e. The Hall–Kier alpha value is -2.41. The molecule has 0 aliphatic carbocycles. The van der Waals surface area contributed by atoms with Crippen LogP contribution in [-0.2, 0) is 0 Å². The molecule has 1 unspecified atom stereocenters. The van der Waals surface area contributed by atoms with Crippen molar-refractivity contribution in [2.75, 3.05) is 19.7 Å². The minimum Gasteiger partial charge on any atom is -0.492 e. The maximum Gasteiger partial charge on any atom is 0.269 e. The van der Waals surface area contributed by atoms with Crippen molar-refractivity contribution in [1.82, 2.24) is 15.1 Å². The Bertz CT molecular complexity index is 612. The van der Waals surface area contributed by atoms with Crippen LogP contribution < -0.4 is 4.74 Å². The summed E-state index contributed by atoms with van der Waals surface area (Å²) in [5.74, 6) is 0.655. The Kier molecular flexibility index (Phi) is 4.34. The Morgan fingerprint density at radius 2 is 2.18 bits per heavy atom. The summed E-state index contributed by atoms with van der Waals surface area (Å²) in [4.78, 5) is 12.6. The van der Waals surface area contributed by atoms with Gasteiger partial charge in [-0.15, -0.1) is 0 Å². The zero-order chi connectivity index (χ0) is 15.4. The highest BCUT2D eigenvalue weighted by molar-refractivity contribution is 5.35. The smallest absolute Gasteiger partial charge is 0.269 e. The SMILES string of the molecule is O=[N+]([O-])c1ccc(OCCN2CCCC2c2ccn[nH]2)cc1. The number of nitro benzene ring substituents is 1. The van der Waals surface area contributed by atoms with Crippen LogP contribution in [-0.4, -0.2) is 39.7 Å². The van der Waals surface area contributed by atoms with Gasteiger partial charge in [0.25, 0.3) is 5.69 Å². The lowest BCUT2D eigenvalue weighted by Crippen LogP contribution is -2.28. The zero-order valence-corrected chi connectivity index (χ0v) is 12.1. The molecule has 0 spiro atoms. The van der Waals surface area contributed by atoms with E-state index in [0.29, 0.717) is 18.4 Å². The van der Waals surface area contributed by atoms with Crippen molar-refractivity contribution in [2.45, 2.75) is 18.9 Å². The van der Waals surface area contributed by atoms with Crippen molar-refractivity contribution in [3.63, 3.8) is 0 Å². The van der Waals surface area contributed by atoms with E-state index in [2.05, 4.69) is 15.1 Å². The van der Waals surface area contributed by atoms with Gasteiger partial charge < -0.3 is 4.74 Å². The van der Waals surface area contributed by atoms with Crippen molar-refractivity contribution in [3.8, 4) is 5.75 Å². The number of H-pyrrole nitrogens is 1. The summed E-state index contributed by atoms with van der Waals surface area (Å²) in [7, 11) is 0. The molecule has 3 rings (SSSR count). The van der Waals surface area contributed by atoms with E-state index >= 15 is 0 Å². The topological polar surface area (TPSA) is 84.3 Å². The molecule has 7 heteroatoms. The third-order valence-electron chi connectivity index (χ3n) is 3.94. The summed E-state index contributed by atoms with van der Waals surface area (Å²) in [6.45, 7) is 2.43. The van der Waals surface area contributed by atoms with Gasteiger partial charge in [-0.05, 0) is 37.6 Å². The lowest BCUT2D eigenvalue weighted by molar-refractivity contribution is -0.384. The molecule has 1 aliphatic heterocycles. The lowest BCUT2D eigenvalue weighted by Gasteiger charge is -2.23. The maximum atomic E-state index is 10.6. The standard InChI is InChI=1S/C15H18N4O3/c20-19(21)12-3-5-13(6-4-12)22-11-10-18-9-1-2-15(18)14-7-8-16-17-14/h3-8,15H,1-2,9-11H2,(H,16,17). The van der Waals surface area contributed by atoms with Crippen LogP contribution in [0.1, 0.15) is 24.6 Å². The van der Waals surface area contributed by atoms with Crippen LogP contribution in [0.15, 0.2) is 36.5 Å². The Morgan fingerprint density at radius 1 is 1.36 bits per heavy atom. The van der Waals surface area contributed by atoms with Gasteiger partial charge in [-0.25, -0.2) is 0 Å². The molecule has 1 saturated heterocycles. The summed E-state index contributed by atoms with van der Waals surface area (Å²) >= 11 is 0. The van der Waals surface area contributed by atoms with Crippen LogP contribution in [0.25, 0.3) is 0 Å². The maximum absolute atomic E-state index is 10.6. The van der Waals surface area contributed by atoms with Crippen molar-refractivity contribution in [2.24, 2.45) is 0 Å². The Labute approximate surface area is 128 Å². The molecule has 0 saturated carbocycles. The van der Waals surface area contributed by atoms with Gasteiger partial charge in [0.05, 0.1) is 16.7 Å². The Balaban J connectivity index is 1.51. The van der Waals surface area contributed by atoms with Gasteiger partial charge in [-0.1, -0.05) is 0 Å². The normalized spacial score (nSPS) is 18.5. The van der Waals surface area contributed by atoms with Crippen LogP contribution >= 0.6 is 0 Å². The fourth-order valence-electron chi connectivity index (χ4n) is 2.84. The predicted octanol–water partition coefficient (Wildman–Crippen LogP) is 2.53. The number of ether oxygens (including phenoxy) is 1. The fraction of sp³-hybridized carbons (Fsp3) is 0.400. The molecule has 1 fully saturated rings. The van der Waals surface area contributed by atoms with Crippen LogP contribution in [0.3, 0.4) is 0 Å². The highest BCUT2D eigenvalue weighted by Crippen LogP contribution is 2.30. The minimum atomic E-state index is -0.414. The summed E-state index contributed by atoms with van der Waals surface area (Å²) < 4.78 is 5.68. The lowest BCUT2D eigenvalue weighted by atomic mass is 10.1. The molecule has 22 heavy (non-hydrogen) atoms. The monoisotopic (exact) mass is 302 g/mol. The first-order valence-corrected chi connectivity index (χ1v) is 7.34. The van der Waals surface area contributed by atoms with Crippen LogP contribution in [0.2, 0.25) is 0 Å².